The number of nitrogens with zero attached hydrogens (tertiary/aromatic N) is 1. The average Bonchev–Trinajstić information content (AvgIpc) is 2.81. The van der Waals surface area contributed by atoms with Crippen LogP contribution in [0.15, 0.2) is 45.8 Å². The number of ether oxygens (including phenoxy) is 2. The molecule has 2 amide bonds. The molecule has 0 aromatic heterocycles. The molecular weight excluding hydrogens is 621 g/mol. The van der Waals surface area contributed by atoms with E-state index in [-0.39, 0.29) is 24.3 Å². The first-order valence-electron chi connectivity index (χ1n) is 11.9. The molecular formula is C25H32BrF3N2O6SSi. The Morgan fingerprint density at radius 1 is 1.08 bits per heavy atom. The average molecular weight is 654 g/mol. The molecule has 0 fully saturated rings. The highest BCUT2D eigenvalue weighted by molar-refractivity contribution is 9.10. The summed E-state index contributed by atoms with van der Waals surface area (Å²) in [6, 6.07) is 8.99. The van der Waals surface area contributed by atoms with Crippen molar-refractivity contribution < 1.29 is 40.7 Å². The summed E-state index contributed by atoms with van der Waals surface area (Å²) in [5, 5.41) is 2.58. The Labute approximate surface area is 235 Å². The molecule has 0 saturated heterocycles. The van der Waals surface area contributed by atoms with Crippen LogP contribution in [0.25, 0.3) is 0 Å². The summed E-state index contributed by atoms with van der Waals surface area (Å²) in [5.74, 6) is 0.142. The van der Waals surface area contributed by atoms with Gasteiger partial charge in [0, 0.05) is 31.7 Å². The van der Waals surface area contributed by atoms with Crippen LogP contribution in [0.2, 0.25) is 25.7 Å². The second-order valence-electron chi connectivity index (χ2n) is 10.1. The van der Waals surface area contributed by atoms with Gasteiger partial charge in [0.2, 0.25) is 5.91 Å². The van der Waals surface area contributed by atoms with E-state index in [1.807, 2.05) is 0 Å². The van der Waals surface area contributed by atoms with Crippen LogP contribution >= 0.6 is 15.9 Å². The number of anilines is 1. The van der Waals surface area contributed by atoms with Crippen molar-refractivity contribution >= 4 is 51.5 Å². The lowest BCUT2D eigenvalue weighted by molar-refractivity contribution is -0.116. The number of alkyl halides is 3. The van der Waals surface area contributed by atoms with E-state index in [0.717, 1.165) is 33.1 Å². The third-order valence-corrected chi connectivity index (χ3v) is 9.38. The highest BCUT2D eigenvalue weighted by atomic mass is 79.9. The van der Waals surface area contributed by atoms with Crippen molar-refractivity contribution in [3.05, 3.63) is 52.0 Å². The molecule has 0 heterocycles. The molecule has 0 aliphatic heterocycles. The standard InChI is InChI=1S/C25H32BrF3N2O6SSi/c1-31(24(33)37-12-13-39(3,4)5)16-18-15-20(8-10-22(18)38(34,35)25(27,28)29)30-23(32)11-6-17-14-19(26)7-9-21(17)36-2/h7-10,14-15H,6,11-13,16H2,1-5H3,(H,30,32). The number of carbonyl (C=O) groups is 2. The molecule has 0 saturated carbocycles. The van der Waals surface area contributed by atoms with Gasteiger partial charge in [-0.25, -0.2) is 13.2 Å². The summed E-state index contributed by atoms with van der Waals surface area (Å²) in [6.45, 7) is 5.93. The maximum absolute atomic E-state index is 13.4. The van der Waals surface area contributed by atoms with E-state index in [9.17, 15) is 31.2 Å². The van der Waals surface area contributed by atoms with Gasteiger partial charge in [-0.3, -0.25) is 4.79 Å². The first-order valence-corrected chi connectivity index (χ1v) is 17.9. The molecule has 0 spiro atoms. The highest BCUT2D eigenvalue weighted by Gasteiger charge is 2.48. The second-order valence-corrected chi connectivity index (χ2v) is 18.5. The summed E-state index contributed by atoms with van der Waals surface area (Å²) in [4.78, 5) is 25.0. The smallest absolute Gasteiger partial charge is 0.496 e. The van der Waals surface area contributed by atoms with Crippen LogP contribution in [0.5, 0.6) is 5.75 Å². The number of nitrogens with one attached hydrogen (secondary N) is 1. The number of benzene rings is 2. The van der Waals surface area contributed by atoms with Crippen molar-refractivity contribution in [1.29, 1.82) is 0 Å². The molecule has 0 aliphatic carbocycles. The summed E-state index contributed by atoms with van der Waals surface area (Å²) in [6.07, 6.45) is -0.469. The summed E-state index contributed by atoms with van der Waals surface area (Å²) in [7, 11) is -4.43. The van der Waals surface area contributed by atoms with E-state index >= 15 is 0 Å². The van der Waals surface area contributed by atoms with Crippen molar-refractivity contribution in [1.82, 2.24) is 4.90 Å². The molecule has 2 rings (SSSR count). The third-order valence-electron chi connectivity index (χ3n) is 5.60. The molecule has 14 heteroatoms. The van der Waals surface area contributed by atoms with E-state index in [0.29, 0.717) is 18.2 Å². The Hall–Kier alpha value is -2.58. The van der Waals surface area contributed by atoms with Crippen LogP contribution in [0.3, 0.4) is 0 Å². The van der Waals surface area contributed by atoms with Crippen molar-refractivity contribution in [2.45, 2.75) is 55.5 Å². The van der Waals surface area contributed by atoms with Crippen LogP contribution in [-0.4, -0.2) is 59.7 Å². The van der Waals surface area contributed by atoms with Gasteiger partial charge in [-0.2, -0.15) is 13.2 Å². The van der Waals surface area contributed by atoms with Gasteiger partial charge < -0.3 is 19.7 Å². The molecule has 0 radical (unpaired) electrons. The largest absolute Gasteiger partial charge is 0.501 e. The molecule has 2 aromatic carbocycles. The van der Waals surface area contributed by atoms with E-state index < -0.39 is 46.9 Å². The number of carbonyl (C=O) groups excluding carboxylic acids is 2. The molecule has 0 bridgehead atoms. The summed E-state index contributed by atoms with van der Waals surface area (Å²) < 4.78 is 75.9. The topological polar surface area (TPSA) is 102 Å². The van der Waals surface area contributed by atoms with Crippen molar-refractivity contribution in [3.63, 3.8) is 0 Å². The minimum atomic E-state index is -5.72. The number of hydrogen-bond donors (Lipinski definition) is 1. The number of hydrogen-bond acceptors (Lipinski definition) is 6. The van der Waals surface area contributed by atoms with Gasteiger partial charge in [0.15, 0.2) is 0 Å². The highest BCUT2D eigenvalue weighted by Crippen LogP contribution is 2.34. The SMILES string of the molecule is COc1ccc(Br)cc1CCC(=O)Nc1ccc(S(=O)(=O)C(F)(F)F)c(CN(C)C(=O)OCC[Si](C)(C)C)c1. The van der Waals surface area contributed by atoms with Gasteiger partial charge in [-0.1, -0.05) is 35.6 Å². The van der Waals surface area contributed by atoms with E-state index in [1.54, 1.807) is 18.2 Å². The molecule has 0 atom stereocenters. The molecule has 0 aliphatic rings. The zero-order valence-electron chi connectivity index (χ0n) is 22.3. The minimum absolute atomic E-state index is 0.0219. The zero-order valence-corrected chi connectivity index (χ0v) is 25.7. The van der Waals surface area contributed by atoms with Crippen LogP contribution in [0.4, 0.5) is 23.7 Å². The number of halogens is 4. The minimum Gasteiger partial charge on any atom is -0.496 e. The fourth-order valence-corrected chi connectivity index (χ4v) is 5.54. The van der Waals surface area contributed by atoms with Gasteiger partial charge >= 0.3 is 11.6 Å². The zero-order chi connectivity index (χ0) is 29.6. The number of aryl methyl sites for hydroxylation is 1. The van der Waals surface area contributed by atoms with Crippen molar-refractivity contribution in [3.8, 4) is 5.75 Å². The Morgan fingerprint density at radius 3 is 2.33 bits per heavy atom. The lowest BCUT2D eigenvalue weighted by atomic mass is 10.1. The van der Waals surface area contributed by atoms with Gasteiger partial charge in [0.1, 0.15) is 5.75 Å². The Kier molecular flexibility index (Phi) is 11.0. The van der Waals surface area contributed by atoms with Crippen LogP contribution in [0.1, 0.15) is 17.5 Å². The van der Waals surface area contributed by atoms with Gasteiger partial charge in [0.25, 0.3) is 9.84 Å². The number of methoxy groups -OCH3 is 1. The Bertz CT molecular complexity index is 1300. The maximum atomic E-state index is 13.4. The van der Waals surface area contributed by atoms with Crippen LogP contribution < -0.4 is 10.1 Å². The number of rotatable bonds is 11. The molecule has 39 heavy (non-hydrogen) atoms. The maximum Gasteiger partial charge on any atom is 0.501 e. The fraction of sp³-hybridized carbons (Fsp3) is 0.440. The molecule has 2 aromatic rings. The Balaban J connectivity index is 2.25. The lowest BCUT2D eigenvalue weighted by Crippen LogP contribution is -2.31. The van der Waals surface area contributed by atoms with Crippen LogP contribution in [0, 0.1) is 0 Å². The fourth-order valence-electron chi connectivity index (χ4n) is 3.46. The van der Waals surface area contributed by atoms with E-state index in [4.69, 9.17) is 9.47 Å². The van der Waals surface area contributed by atoms with E-state index in [2.05, 4.69) is 40.9 Å². The second kappa shape index (κ2) is 13.2. The van der Waals surface area contributed by atoms with Gasteiger partial charge in [-0.15, -0.1) is 0 Å². The summed E-state index contributed by atoms with van der Waals surface area (Å²) in [5.41, 5.74) is -5.02. The molecule has 216 valence electrons. The van der Waals surface area contributed by atoms with Crippen molar-refractivity contribution in [2.75, 3.05) is 26.1 Å². The molecule has 0 unspecified atom stereocenters. The lowest BCUT2D eigenvalue weighted by Gasteiger charge is -2.21. The summed E-state index contributed by atoms with van der Waals surface area (Å²) >= 11 is 3.36. The number of amides is 2. The Morgan fingerprint density at radius 2 is 1.74 bits per heavy atom. The first-order chi connectivity index (χ1) is 17.9. The predicted octanol–water partition coefficient (Wildman–Crippen LogP) is 6.23. The van der Waals surface area contributed by atoms with E-state index in [1.165, 1.54) is 14.2 Å². The predicted molar refractivity (Wildman–Crippen MR) is 148 cm³/mol. The normalized spacial score (nSPS) is 12.1. The number of sulfone groups is 1. The first kappa shape index (κ1) is 32.6. The van der Waals surface area contributed by atoms with Gasteiger partial charge in [-0.05, 0) is 60.0 Å². The molecule has 8 nitrogen and oxygen atoms in total. The van der Waals surface area contributed by atoms with Gasteiger partial charge in [0.05, 0.1) is 25.2 Å². The quantitative estimate of drug-likeness (QED) is 0.289. The van der Waals surface area contributed by atoms with Crippen molar-refractivity contribution in [2.24, 2.45) is 0 Å². The monoisotopic (exact) mass is 652 g/mol. The molecule has 1 N–H and O–H groups in total. The third kappa shape index (κ3) is 9.53. The van der Waals surface area contributed by atoms with Crippen LogP contribution in [-0.2, 0) is 32.3 Å².